The van der Waals surface area contributed by atoms with Crippen LogP contribution < -0.4 is 0 Å². The molecule has 2 fully saturated rings. The number of likely N-dealkylation sites (tertiary alicyclic amines) is 1. The van der Waals surface area contributed by atoms with E-state index in [2.05, 4.69) is 25.7 Å². The molecule has 2 aliphatic rings. The van der Waals surface area contributed by atoms with Crippen molar-refractivity contribution in [2.75, 3.05) is 46.0 Å². The number of rotatable bonds is 5. The van der Waals surface area contributed by atoms with Crippen molar-refractivity contribution < 1.29 is 14.7 Å². The molecule has 9 heteroatoms. The van der Waals surface area contributed by atoms with E-state index in [9.17, 15) is 9.59 Å². The smallest absolute Gasteiger partial charge is 0.238 e. The molecule has 0 radical (unpaired) electrons. The minimum atomic E-state index is -0.385. The highest BCUT2D eigenvalue weighted by Crippen LogP contribution is 2.34. The summed E-state index contributed by atoms with van der Waals surface area (Å²) in [5, 5.41) is 8.99. The monoisotopic (exact) mass is 467 g/mol. The van der Waals surface area contributed by atoms with Crippen LogP contribution in [0.4, 0.5) is 0 Å². The molecular weight excluding hydrogens is 445 g/mol. The van der Waals surface area contributed by atoms with Gasteiger partial charge in [0.2, 0.25) is 11.8 Å². The topological polar surface area (TPSA) is 64.1 Å². The van der Waals surface area contributed by atoms with Crippen molar-refractivity contribution in [3.05, 3.63) is 34.3 Å². The van der Waals surface area contributed by atoms with Gasteiger partial charge in [-0.25, -0.2) is 0 Å². The molecule has 0 aliphatic carbocycles. The van der Waals surface area contributed by atoms with Crippen molar-refractivity contribution in [3.8, 4) is 0 Å². The highest BCUT2D eigenvalue weighted by molar-refractivity contribution is 9.10. The number of nitrogens with zero attached hydrogens (tertiary/aromatic N) is 3. The number of aliphatic hydroxyl groups is 1. The second-order valence-corrected chi connectivity index (χ2v) is 7.12. The summed E-state index contributed by atoms with van der Waals surface area (Å²) in [4.78, 5) is 30.8. The van der Waals surface area contributed by atoms with E-state index in [1.54, 1.807) is 0 Å². The van der Waals surface area contributed by atoms with Gasteiger partial charge in [0.1, 0.15) is 0 Å². The first-order valence-corrected chi connectivity index (χ1v) is 9.03. The zero-order chi connectivity index (χ0) is 17.1. The number of amides is 2. The van der Waals surface area contributed by atoms with Gasteiger partial charge in [0.25, 0.3) is 0 Å². The minimum Gasteiger partial charge on any atom is -0.395 e. The fourth-order valence-corrected chi connectivity index (χ4v) is 3.89. The molecule has 0 bridgehead atoms. The Labute approximate surface area is 174 Å². The molecule has 26 heavy (non-hydrogen) atoms. The molecule has 2 saturated heterocycles. The Morgan fingerprint density at radius 2 is 1.65 bits per heavy atom. The Kier molecular flexibility index (Phi) is 9.50. The molecule has 1 N–H and O–H groups in total. The molecule has 1 unspecified atom stereocenters. The Balaban J connectivity index is 0.00000169. The summed E-state index contributed by atoms with van der Waals surface area (Å²) < 4.78 is 0.871. The van der Waals surface area contributed by atoms with Gasteiger partial charge in [-0.2, -0.15) is 0 Å². The molecule has 3 rings (SSSR count). The SMILES string of the molecule is Cl.Cl.O=C1CC(c2ccccc2Br)C(=O)N1CN1CCN(CCO)CC1. The van der Waals surface area contributed by atoms with Gasteiger partial charge in [-0.05, 0) is 11.6 Å². The van der Waals surface area contributed by atoms with Crippen molar-refractivity contribution in [1.29, 1.82) is 0 Å². The molecule has 1 aromatic rings. The quantitative estimate of drug-likeness (QED) is 0.666. The lowest BCUT2D eigenvalue weighted by Crippen LogP contribution is -2.51. The lowest BCUT2D eigenvalue weighted by atomic mass is 9.98. The molecule has 2 amide bonds. The van der Waals surface area contributed by atoms with E-state index in [4.69, 9.17) is 5.11 Å². The normalized spacial score (nSPS) is 21.5. The second kappa shape index (κ2) is 10.6. The van der Waals surface area contributed by atoms with Crippen LogP contribution in [-0.4, -0.2) is 77.6 Å². The highest BCUT2D eigenvalue weighted by atomic mass is 79.9. The number of hydrogen-bond acceptors (Lipinski definition) is 5. The van der Waals surface area contributed by atoms with Gasteiger partial charge in [0, 0.05) is 43.6 Å². The Hall–Kier alpha value is -0.700. The number of carbonyl (C=O) groups excluding carboxylic acids is 2. The van der Waals surface area contributed by atoms with E-state index in [1.807, 2.05) is 24.3 Å². The molecule has 1 aromatic carbocycles. The maximum absolute atomic E-state index is 12.7. The molecule has 146 valence electrons. The van der Waals surface area contributed by atoms with Gasteiger partial charge in [-0.3, -0.25) is 24.3 Å². The van der Waals surface area contributed by atoms with Crippen LogP contribution >= 0.6 is 40.7 Å². The third-order valence-corrected chi connectivity index (χ3v) is 5.47. The van der Waals surface area contributed by atoms with Crippen molar-refractivity contribution in [2.24, 2.45) is 0 Å². The summed E-state index contributed by atoms with van der Waals surface area (Å²) in [7, 11) is 0. The summed E-state index contributed by atoms with van der Waals surface area (Å²) in [6.07, 6.45) is 0.242. The lowest BCUT2D eigenvalue weighted by Gasteiger charge is -2.35. The first-order valence-electron chi connectivity index (χ1n) is 8.24. The number of halogens is 3. The molecule has 0 saturated carbocycles. The fourth-order valence-electron chi connectivity index (χ4n) is 3.33. The van der Waals surface area contributed by atoms with Crippen LogP contribution in [0, 0.1) is 0 Å². The lowest BCUT2D eigenvalue weighted by molar-refractivity contribution is -0.141. The van der Waals surface area contributed by atoms with Crippen LogP contribution in [0.15, 0.2) is 28.7 Å². The first kappa shape index (κ1) is 23.3. The number of imide groups is 1. The van der Waals surface area contributed by atoms with Gasteiger partial charge in [-0.15, -0.1) is 24.8 Å². The van der Waals surface area contributed by atoms with Crippen LogP contribution in [0.25, 0.3) is 0 Å². The van der Waals surface area contributed by atoms with E-state index < -0.39 is 0 Å². The number of carbonyl (C=O) groups is 2. The van der Waals surface area contributed by atoms with Gasteiger partial charge in [0.15, 0.2) is 0 Å². The van der Waals surface area contributed by atoms with Gasteiger partial charge >= 0.3 is 0 Å². The van der Waals surface area contributed by atoms with E-state index in [1.165, 1.54) is 4.90 Å². The summed E-state index contributed by atoms with van der Waals surface area (Å²) in [5.41, 5.74) is 0.881. The summed E-state index contributed by atoms with van der Waals surface area (Å²) in [5.74, 6) is -0.591. The fraction of sp³-hybridized carbons (Fsp3) is 0.529. The van der Waals surface area contributed by atoms with Crippen molar-refractivity contribution >= 4 is 52.6 Å². The molecule has 0 spiro atoms. The van der Waals surface area contributed by atoms with Crippen LogP contribution in [0.5, 0.6) is 0 Å². The average Bonchev–Trinajstić information content (AvgIpc) is 2.85. The summed E-state index contributed by atoms with van der Waals surface area (Å²) >= 11 is 3.48. The molecule has 1 atom stereocenters. The second-order valence-electron chi connectivity index (χ2n) is 6.26. The van der Waals surface area contributed by atoms with E-state index >= 15 is 0 Å². The van der Waals surface area contributed by atoms with Crippen LogP contribution in [0.3, 0.4) is 0 Å². The van der Waals surface area contributed by atoms with Crippen molar-refractivity contribution in [1.82, 2.24) is 14.7 Å². The van der Waals surface area contributed by atoms with Crippen LogP contribution in [-0.2, 0) is 9.59 Å². The maximum atomic E-state index is 12.7. The predicted molar refractivity (Wildman–Crippen MR) is 108 cm³/mol. The number of hydrogen-bond donors (Lipinski definition) is 1. The largest absolute Gasteiger partial charge is 0.395 e. The predicted octanol–water partition coefficient (Wildman–Crippen LogP) is 1.70. The van der Waals surface area contributed by atoms with Crippen molar-refractivity contribution in [2.45, 2.75) is 12.3 Å². The molecule has 6 nitrogen and oxygen atoms in total. The third-order valence-electron chi connectivity index (χ3n) is 4.75. The van der Waals surface area contributed by atoms with Crippen LogP contribution in [0.2, 0.25) is 0 Å². The molecular formula is C17H24BrCl2N3O3. The number of β-amino-alcohol motifs (C(OH)–C–C–N with tert-alkyl or cyclic N) is 1. The summed E-state index contributed by atoms with van der Waals surface area (Å²) in [6.45, 7) is 4.52. The number of aliphatic hydroxyl groups excluding tert-OH is 1. The maximum Gasteiger partial charge on any atom is 0.238 e. The first-order chi connectivity index (χ1) is 11.6. The Morgan fingerprint density at radius 1 is 1.04 bits per heavy atom. The van der Waals surface area contributed by atoms with Crippen LogP contribution in [0.1, 0.15) is 17.9 Å². The number of piperazine rings is 1. The van der Waals surface area contributed by atoms with Gasteiger partial charge < -0.3 is 5.11 Å². The van der Waals surface area contributed by atoms with E-state index in [0.717, 1.165) is 36.2 Å². The zero-order valence-corrected chi connectivity index (χ0v) is 17.6. The van der Waals surface area contributed by atoms with Gasteiger partial charge in [0.05, 0.1) is 19.2 Å². The Morgan fingerprint density at radius 3 is 2.27 bits per heavy atom. The molecule has 2 aliphatic heterocycles. The molecule has 2 heterocycles. The average molecular weight is 469 g/mol. The van der Waals surface area contributed by atoms with E-state index in [-0.39, 0.29) is 55.6 Å². The van der Waals surface area contributed by atoms with E-state index in [0.29, 0.717) is 13.2 Å². The van der Waals surface area contributed by atoms with Crippen molar-refractivity contribution in [3.63, 3.8) is 0 Å². The standard InChI is InChI=1S/C17H22BrN3O3.2ClH/c18-15-4-2-1-3-13(15)14-11-16(23)21(17(14)24)12-20-7-5-19(6-8-20)9-10-22;;/h1-4,14,22H,5-12H2;2*1H. The molecule has 0 aromatic heterocycles. The van der Waals surface area contributed by atoms with Gasteiger partial charge in [-0.1, -0.05) is 34.1 Å². The Bertz CT molecular complexity index is 627. The number of benzene rings is 1. The zero-order valence-electron chi connectivity index (χ0n) is 14.3. The highest BCUT2D eigenvalue weighted by Gasteiger charge is 2.40. The summed E-state index contributed by atoms with van der Waals surface area (Å²) in [6, 6.07) is 7.59. The minimum absolute atomic E-state index is 0. The third kappa shape index (κ3) is 5.18.